The summed E-state index contributed by atoms with van der Waals surface area (Å²) in [5.41, 5.74) is 0.907. The summed E-state index contributed by atoms with van der Waals surface area (Å²) in [7, 11) is 0. The van der Waals surface area contributed by atoms with E-state index < -0.39 is 0 Å². The van der Waals surface area contributed by atoms with Crippen molar-refractivity contribution in [3.8, 4) is 0 Å². The SMILES string of the molecule is Cl.O=C1N(C2CCCC2)CN(c2ccccc2)C12CCN(C1CCCCCCCCC1)CC2. The van der Waals surface area contributed by atoms with E-state index in [1.807, 2.05) is 0 Å². The predicted octanol–water partition coefficient (Wildman–Crippen LogP) is 6.38. The maximum atomic E-state index is 14.0. The normalized spacial score (nSPS) is 26.0. The fraction of sp³-hybridized carbons (Fsp3) is 0.750. The Hall–Kier alpha value is -1.26. The van der Waals surface area contributed by atoms with Gasteiger partial charge >= 0.3 is 0 Å². The number of hydrogen-bond acceptors (Lipinski definition) is 3. The molecule has 184 valence electrons. The van der Waals surface area contributed by atoms with Crippen LogP contribution in [0.3, 0.4) is 0 Å². The molecule has 33 heavy (non-hydrogen) atoms. The molecule has 0 atom stereocenters. The number of carbonyl (C=O) groups excluding carboxylic acids is 1. The van der Waals surface area contributed by atoms with Crippen molar-refractivity contribution in [1.29, 1.82) is 0 Å². The van der Waals surface area contributed by atoms with Crippen molar-refractivity contribution in [2.45, 2.75) is 114 Å². The molecule has 2 heterocycles. The zero-order valence-corrected chi connectivity index (χ0v) is 21.2. The van der Waals surface area contributed by atoms with Gasteiger partial charge in [-0.1, -0.05) is 76.0 Å². The van der Waals surface area contributed by atoms with E-state index in [1.54, 1.807) is 0 Å². The highest BCUT2D eigenvalue weighted by Crippen LogP contribution is 2.42. The summed E-state index contributed by atoms with van der Waals surface area (Å²) in [4.78, 5) is 21.5. The molecule has 1 aromatic carbocycles. The molecule has 0 bridgehead atoms. The Morgan fingerprint density at radius 1 is 0.697 bits per heavy atom. The number of benzene rings is 1. The number of rotatable bonds is 3. The number of hydrogen-bond donors (Lipinski definition) is 0. The lowest BCUT2D eigenvalue weighted by Gasteiger charge is -2.45. The fourth-order valence-electron chi connectivity index (χ4n) is 7.06. The Kier molecular flexibility index (Phi) is 8.62. The highest BCUT2D eigenvalue weighted by Gasteiger charge is 2.55. The maximum Gasteiger partial charge on any atom is 0.250 e. The molecule has 0 N–H and O–H groups in total. The molecular weight excluding hydrogens is 430 g/mol. The van der Waals surface area contributed by atoms with E-state index in [-0.39, 0.29) is 17.9 Å². The van der Waals surface area contributed by atoms with Gasteiger partial charge in [0.25, 0.3) is 0 Å². The van der Waals surface area contributed by atoms with E-state index in [2.05, 4.69) is 45.0 Å². The lowest BCUT2D eigenvalue weighted by molar-refractivity contribution is -0.135. The van der Waals surface area contributed by atoms with Crippen LogP contribution in [0.5, 0.6) is 0 Å². The van der Waals surface area contributed by atoms with Gasteiger partial charge in [0, 0.05) is 30.9 Å². The molecule has 0 aromatic heterocycles. The average Bonchev–Trinajstić information content (AvgIpc) is 3.46. The Balaban J connectivity index is 0.00000259. The number of anilines is 1. The third-order valence-corrected chi connectivity index (χ3v) is 9.02. The molecule has 5 heteroatoms. The minimum absolute atomic E-state index is 0. The van der Waals surface area contributed by atoms with Gasteiger partial charge in [0.15, 0.2) is 0 Å². The van der Waals surface area contributed by atoms with Crippen LogP contribution >= 0.6 is 12.4 Å². The zero-order valence-electron chi connectivity index (χ0n) is 20.4. The summed E-state index contributed by atoms with van der Waals surface area (Å²) >= 11 is 0. The van der Waals surface area contributed by atoms with E-state index in [0.29, 0.717) is 11.9 Å². The zero-order chi connectivity index (χ0) is 21.8. The molecule has 0 unspecified atom stereocenters. The maximum absolute atomic E-state index is 14.0. The summed E-state index contributed by atoms with van der Waals surface area (Å²) in [6, 6.07) is 12.0. The van der Waals surface area contributed by atoms with E-state index in [4.69, 9.17) is 0 Å². The van der Waals surface area contributed by atoms with Crippen molar-refractivity contribution < 1.29 is 4.79 Å². The number of nitrogens with zero attached hydrogens (tertiary/aromatic N) is 3. The third kappa shape index (κ3) is 5.22. The van der Waals surface area contributed by atoms with Gasteiger partial charge in [0.05, 0.1) is 6.67 Å². The average molecular weight is 474 g/mol. The van der Waals surface area contributed by atoms with Crippen molar-refractivity contribution in [3.63, 3.8) is 0 Å². The van der Waals surface area contributed by atoms with Gasteiger partial charge < -0.3 is 14.7 Å². The molecule has 2 aliphatic heterocycles. The van der Waals surface area contributed by atoms with Crippen LogP contribution in [0.25, 0.3) is 0 Å². The van der Waals surface area contributed by atoms with Crippen LogP contribution in [0.1, 0.15) is 96.3 Å². The first-order chi connectivity index (χ1) is 15.8. The van der Waals surface area contributed by atoms with E-state index in [0.717, 1.165) is 38.6 Å². The fourth-order valence-corrected chi connectivity index (χ4v) is 7.06. The van der Waals surface area contributed by atoms with Crippen LogP contribution in [-0.2, 0) is 4.79 Å². The summed E-state index contributed by atoms with van der Waals surface area (Å²) < 4.78 is 0. The monoisotopic (exact) mass is 473 g/mol. The number of para-hydroxylation sites is 1. The van der Waals surface area contributed by atoms with Gasteiger partial charge in [-0.2, -0.15) is 0 Å². The van der Waals surface area contributed by atoms with Crippen LogP contribution < -0.4 is 4.90 Å². The number of carbonyl (C=O) groups is 1. The molecule has 0 radical (unpaired) electrons. The van der Waals surface area contributed by atoms with Crippen LogP contribution in [0.4, 0.5) is 5.69 Å². The second-order valence-corrected chi connectivity index (χ2v) is 10.9. The lowest BCUT2D eigenvalue weighted by Crippen LogP contribution is -2.58. The van der Waals surface area contributed by atoms with Crippen molar-refractivity contribution >= 4 is 24.0 Å². The topological polar surface area (TPSA) is 26.8 Å². The lowest BCUT2D eigenvalue weighted by atomic mass is 9.83. The van der Waals surface area contributed by atoms with Crippen LogP contribution in [0.15, 0.2) is 30.3 Å². The van der Waals surface area contributed by atoms with Crippen molar-refractivity contribution in [3.05, 3.63) is 30.3 Å². The molecule has 4 nitrogen and oxygen atoms in total. The Bertz CT molecular complexity index is 733. The van der Waals surface area contributed by atoms with Crippen LogP contribution in [0.2, 0.25) is 0 Å². The van der Waals surface area contributed by atoms with Gasteiger partial charge in [0.2, 0.25) is 5.91 Å². The standard InChI is InChI=1S/C28H43N3O.ClH/c32-27-28(19-21-29(22-20-28)24-13-7-4-2-1-3-5-8-14-24)31(26-17-9-6-10-18-26)23-30(27)25-15-11-12-16-25;/h6,9-10,17-18,24-25H,1-5,7-8,11-16,19-23H2;1H. The quantitative estimate of drug-likeness (QED) is 0.509. The van der Waals surface area contributed by atoms with E-state index >= 15 is 0 Å². The minimum atomic E-state index is -0.323. The second-order valence-electron chi connectivity index (χ2n) is 10.9. The molecule has 4 aliphatic rings. The highest BCUT2D eigenvalue weighted by atomic mass is 35.5. The number of piperidine rings is 1. The van der Waals surface area contributed by atoms with Gasteiger partial charge in [-0.15, -0.1) is 12.4 Å². The van der Waals surface area contributed by atoms with Gasteiger partial charge in [-0.05, 0) is 50.7 Å². The Labute approximate surface area is 207 Å². The third-order valence-electron chi connectivity index (χ3n) is 9.02. The molecule has 2 aliphatic carbocycles. The summed E-state index contributed by atoms with van der Waals surface area (Å²) in [6.45, 7) is 2.95. The number of amides is 1. The number of halogens is 1. The Morgan fingerprint density at radius 2 is 1.21 bits per heavy atom. The molecule has 2 saturated carbocycles. The smallest absolute Gasteiger partial charge is 0.250 e. The van der Waals surface area contributed by atoms with Gasteiger partial charge in [0.1, 0.15) is 5.54 Å². The molecular formula is C28H44ClN3O. The first kappa shape index (κ1) is 24.9. The summed E-state index contributed by atoms with van der Waals surface area (Å²) in [5.74, 6) is 0.429. The second kappa shape index (κ2) is 11.4. The minimum Gasteiger partial charge on any atom is -0.339 e. The van der Waals surface area contributed by atoms with Gasteiger partial charge in [-0.3, -0.25) is 4.79 Å². The van der Waals surface area contributed by atoms with E-state index in [1.165, 1.54) is 89.2 Å². The summed E-state index contributed by atoms with van der Waals surface area (Å²) in [5, 5.41) is 0. The van der Waals surface area contributed by atoms with Crippen molar-refractivity contribution in [1.82, 2.24) is 9.80 Å². The highest BCUT2D eigenvalue weighted by molar-refractivity contribution is 5.94. The van der Waals surface area contributed by atoms with Gasteiger partial charge in [-0.25, -0.2) is 0 Å². The van der Waals surface area contributed by atoms with Crippen LogP contribution in [-0.4, -0.2) is 53.1 Å². The molecule has 1 amide bonds. The van der Waals surface area contributed by atoms with Crippen molar-refractivity contribution in [2.75, 3.05) is 24.7 Å². The molecule has 1 aromatic rings. The Morgan fingerprint density at radius 3 is 1.82 bits per heavy atom. The summed E-state index contributed by atoms with van der Waals surface area (Å²) in [6.07, 6.45) is 19.5. The molecule has 5 rings (SSSR count). The first-order valence-electron chi connectivity index (χ1n) is 13.7. The van der Waals surface area contributed by atoms with Crippen molar-refractivity contribution in [2.24, 2.45) is 0 Å². The van der Waals surface area contributed by atoms with Crippen LogP contribution in [0, 0.1) is 0 Å². The molecule has 1 spiro atoms. The first-order valence-corrected chi connectivity index (χ1v) is 13.7. The number of likely N-dealkylation sites (tertiary alicyclic amines) is 1. The largest absolute Gasteiger partial charge is 0.339 e. The molecule has 2 saturated heterocycles. The predicted molar refractivity (Wildman–Crippen MR) is 139 cm³/mol. The van der Waals surface area contributed by atoms with E-state index in [9.17, 15) is 4.79 Å². The molecule has 4 fully saturated rings.